The van der Waals surface area contributed by atoms with Crippen LogP contribution >= 0.6 is 23.2 Å². The Bertz CT molecular complexity index is 1150. The molecule has 2 aromatic rings. The molecule has 1 atom stereocenters. The molecular weight excluding hydrogens is 511 g/mol. The van der Waals surface area contributed by atoms with Gasteiger partial charge in [-0.15, -0.1) is 0 Å². The lowest BCUT2D eigenvalue weighted by Crippen LogP contribution is -2.60. The number of carbonyl (C=O) groups is 2. The number of amides is 2. The van der Waals surface area contributed by atoms with Crippen LogP contribution in [-0.4, -0.2) is 83.5 Å². The molecule has 1 unspecified atom stereocenters. The number of rotatable bonds is 8. The van der Waals surface area contributed by atoms with Gasteiger partial charge in [0, 0.05) is 66.5 Å². The van der Waals surface area contributed by atoms with Crippen LogP contribution in [0.1, 0.15) is 36.8 Å². The molecule has 0 bridgehead atoms. The number of fused-ring (bicyclic) bond motifs is 1. The van der Waals surface area contributed by atoms with E-state index in [9.17, 15) is 14.7 Å². The number of aliphatic hydroxyl groups excluding tert-OH is 1. The molecule has 2 fully saturated rings. The van der Waals surface area contributed by atoms with E-state index >= 15 is 0 Å². The number of carbonyl (C=O) groups excluding carboxylic acids is 2. The van der Waals surface area contributed by atoms with Gasteiger partial charge >= 0.3 is 0 Å². The maximum absolute atomic E-state index is 14.0. The number of hydrogen-bond donors (Lipinski definition) is 2. The summed E-state index contributed by atoms with van der Waals surface area (Å²) in [5.74, 6) is -0.0894. The number of piperazine rings is 1. The Morgan fingerprint density at radius 1 is 1.05 bits per heavy atom. The second-order valence-corrected chi connectivity index (χ2v) is 11.2. The topological polar surface area (TPSA) is 76.1 Å². The Morgan fingerprint density at radius 3 is 2.49 bits per heavy atom. The van der Waals surface area contributed by atoms with E-state index in [1.54, 1.807) is 6.07 Å². The fourth-order valence-electron chi connectivity index (χ4n) is 6.23. The van der Waals surface area contributed by atoms with Gasteiger partial charge < -0.3 is 15.3 Å². The van der Waals surface area contributed by atoms with E-state index in [0.29, 0.717) is 41.8 Å². The van der Waals surface area contributed by atoms with E-state index in [4.69, 9.17) is 23.2 Å². The number of halogens is 2. The molecule has 5 rings (SSSR count). The molecule has 0 spiro atoms. The Hall–Kier alpha value is -2.16. The van der Waals surface area contributed by atoms with Crippen LogP contribution in [0.5, 0.6) is 0 Å². The summed E-state index contributed by atoms with van der Waals surface area (Å²) in [5, 5.41) is 13.5. The molecule has 2 aliphatic heterocycles. The molecule has 9 heteroatoms. The van der Waals surface area contributed by atoms with Crippen molar-refractivity contribution < 1.29 is 14.7 Å². The minimum atomic E-state index is -1.05. The maximum atomic E-state index is 14.0. The fourth-order valence-corrected chi connectivity index (χ4v) is 6.62. The van der Waals surface area contributed by atoms with Gasteiger partial charge in [-0.3, -0.25) is 19.4 Å². The lowest BCUT2D eigenvalue weighted by Gasteiger charge is -2.44. The molecule has 198 valence electrons. The molecule has 0 radical (unpaired) electrons. The molecule has 1 saturated heterocycles. The summed E-state index contributed by atoms with van der Waals surface area (Å²) in [6, 6.07) is 13.3. The Labute approximate surface area is 228 Å². The molecular formula is C28H34Cl2N4O3. The highest BCUT2D eigenvalue weighted by Gasteiger charge is 2.54. The van der Waals surface area contributed by atoms with Crippen LogP contribution in [0.3, 0.4) is 0 Å². The first-order valence-corrected chi connectivity index (χ1v) is 13.9. The second kappa shape index (κ2) is 11.3. The molecule has 7 nitrogen and oxygen atoms in total. The summed E-state index contributed by atoms with van der Waals surface area (Å²) in [7, 11) is 0. The zero-order valence-electron chi connectivity index (χ0n) is 21.0. The van der Waals surface area contributed by atoms with Crippen molar-refractivity contribution in [2.45, 2.75) is 43.7 Å². The predicted molar refractivity (Wildman–Crippen MR) is 146 cm³/mol. The van der Waals surface area contributed by atoms with Gasteiger partial charge in [-0.05, 0) is 42.7 Å². The fraction of sp³-hybridized carbons (Fsp3) is 0.500. The van der Waals surface area contributed by atoms with Gasteiger partial charge in [0.2, 0.25) is 11.8 Å². The van der Waals surface area contributed by atoms with Gasteiger partial charge in [0.1, 0.15) is 5.54 Å². The summed E-state index contributed by atoms with van der Waals surface area (Å²) in [6.45, 7) is 3.64. The van der Waals surface area contributed by atoms with E-state index in [1.807, 2.05) is 41.3 Å². The van der Waals surface area contributed by atoms with Crippen LogP contribution in [0.4, 0.5) is 5.69 Å². The Balaban J connectivity index is 1.52. The van der Waals surface area contributed by atoms with Crippen molar-refractivity contribution in [2.75, 3.05) is 51.2 Å². The highest BCUT2D eigenvalue weighted by atomic mass is 35.5. The lowest BCUT2D eigenvalue weighted by molar-refractivity contribution is -0.141. The molecule has 3 aliphatic rings. The van der Waals surface area contributed by atoms with Crippen molar-refractivity contribution in [3.8, 4) is 0 Å². The third-order valence-corrected chi connectivity index (χ3v) is 8.57. The minimum absolute atomic E-state index is 0.0382. The molecule has 2 N–H and O–H groups in total. The summed E-state index contributed by atoms with van der Waals surface area (Å²) in [4.78, 5) is 34.0. The third-order valence-electron chi connectivity index (χ3n) is 8.10. The monoisotopic (exact) mass is 544 g/mol. The average Bonchev–Trinajstić information content (AvgIpc) is 3.50. The standard InChI is InChI=1S/C28H34Cl2N4O3/c29-21-5-3-4-20(16-21)18-28(24-9-8-22(30)17-25(24)31-27(28)37)34(23-6-1-2-7-23)19-26(36)33-12-10-32(11-13-33)14-15-35/h3-5,8-9,16-17,23,35H,1-2,6-7,10-15,18-19H2,(H,31,37). The second-order valence-electron chi connectivity index (χ2n) is 10.3. The van der Waals surface area contributed by atoms with Gasteiger partial charge in [-0.1, -0.05) is 54.2 Å². The quantitative estimate of drug-likeness (QED) is 0.529. The Morgan fingerprint density at radius 2 is 1.78 bits per heavy atom. The Kier molecular flexibility index (Phi) is 8.07. The number of benzene rings is 2. The lowest BCUT2D eigenvalue weighted by atomic mass is 9.81. The number of β-amino-alcohol motifs (C(OH)–C–C–N with tert-alkyl or cyclic N) is 1. The van der Waals surface area contributed by atoms with Crippen LogP contribution in [0.25, 0.3) is 0 Å². The van der Waals surface area contributed by atoms with Crippen molar-refractivity contribution in [2.24, 2.45) is 0 Å². The van der Waals surface area contributed by atoms with Crippen molar-refractivity contribution in [3.05, 3.63) is 63.6 Å². The number of nitrogens with zero attached hydrogens (tertiary/aromatic N) is 3. The number of nitrogens with one attached hydrogen (secondary N) is 1. The van der Waals surface area contributed by atoms with E-state index in [1.165, 1.54) is 0 Å². The van der Waals surface area contributed by atoms with Crippen molar-refractivity contribution in [1.82, 2.24) is 14.7 Å². The molecule has 2 aromatic carbocycles. The first kappa shape index (κ1) is 26.4. The minimum Gasteiger partial charge on any atom is -0.395 e. The SMILES string of the molecule is O=C(CN(C1CCCC1)C1(Cc2cccc(Cl)c2)C(=O)Nc2cc(Cl)ccc21)N1CCN(CCO)CC1. The first-order valence-electron chi connectivity index (χ1n) is 13.1. The average molecular weight is 546 g/mol. The van der Waals surface area contributed by atoms with E-state index in [2.05, 4.69) is 15.1 Å². The van der Waals surface area contributed by atoms with E-state index < -0.39 is 5.54 Å². The van der Waals surface area contributed by atoms with Gasteiger partial charge in [-0.25, -0.2) is 0 Å². The van der Waals surface area contributed by atoms with Crippen molar-refractivity contribution in [1.29, 1.82) is 0 Å². The van der Waals surface area contributed by atoms with E-state index in [0.717, 1.165) is 49.9 Å². The molecule has 1 saturated carbocycles. The molecule has 0 aromatic heterocycles. The van der Waals surface area contributed by atoms with Crippen LogP contribution < -0.4 is 5.32 Å². The van der Waals surface area contributed by atoms with Gasteiger partial charge in [-0.2, -0.15) is 0 Å². The number of hydrogen-bond acceptors (Lipinski definition) is 5. The highest BCUT2D eigenvalue weighted by molar-refractivity contribution is 6.31. The molecule has 37 heavy (non-hydrogen) atoms. The smallest absolute Gasteiger partial charge is 0.249 e. The van der Waals surface area contributed by atoms with Gasteiger partial charge in [0.25, 0.3) is 0 Å². The summed E-state index contributed by atoms with van der Waals surface area (Å²) in [5.41, 5.74) is 1.45. The van der Waals surface area contributed by atoms with Crippen LogP contribution in [0.2, 0.25) is 10.0 Å². The number of anilines is 1. The maximum Gasteiger partial charge on any atom is 0.249 e. The summed E-state index contributed by atoms with van der Waals surface area (Å²) >= 11 is 12.7. The molecule has 2 amide bonds. The van der Waals surface area contributed by atoms with Gasteiger partial charge in [0.15, 0.2) is 0 Å². The van der Waals surface area contributed by atoms with E-state index in [-0.39, 0.29) is 31.0 Å². The van der Waals surface area contributed by atoms with Crippen LogP contribution in [0, 0.1) is 0 Å². The largest absolute Gasteiger partial charge is 0.395 e. The number of aliphatic hydroxyl groups is 1. The van der Waals surface area contributed by atoms with Crippen molar-refractivity contribution in [3.63, 3.8) is 0 Å². The normalized spacial score (nSPS) is 22.5. The zero-order valence-corrected chi connectivity index (χ0v) is 22.5. The third kappa shape index (κ3) is 5.38. The molecule has 2 heterocycles. The first-order chi connectivity index (χ1) is 17.9. The van der Waals surface area contributed by atoms with Crippen LogP contribution in [-0.2, 0) is 21.5 Å². The predicted octanol–water partition coefficient (Wildman–Crippen LogP) is 3.76. The highest BCUT2D eigenvalue weighted by Crippen LogP contribution is 2.46. The van der Waals surface area contributed by atoms with Gasteiger partial charge in [0.05, 0.1) is 13.2 Å². The zero-order chi connectivity index (χ0) is 26.0. The summed E-state index contributed by atoms with van der Waals surface area (Å²) < 4.78 is 0. The summed E-state index contributed by atoms with van der Waals surface area (Å²) in [6.07, 6.45) is 4.47. The molecule has 1 aliphatic carbocycles. The van der Waals surface area contributed by atoms with Crippen molar-refractivity contribution >= 4 is 40.7 Å². The van der Waals surface area contributed by atoms with Crippen LogP contribution in [0.15, 0.2) is 42.5 Å².